The van der Waals surface area contributed by atoms with Crippen LogP contribution in [0.2, 0.25) is 0 Å². The molecule has 1 aromatic rings. The molecule has 4 rings (SSSR count). The minimum atomic E-state index is 0. The second-order valence-electron chi connectivity index (χ2n) is 7.43. The van der Waals surface area contributed by atoms with Crippen molar-refractivity contribution in [3.05, 3.63) is 22.4 Å². The first-order valence-corrected chi connectivity index (χ1v) is 9.99. The van der Waals surface area contributed by atoms with Gasteiger partial charge in [-0.3, -0.25) is 14.8 Å². The third-order valence-corrected chi connectivity index (χ3v) is 6.30. The van der Waals surface area contributed by atoms with Gasteiger partial charge in [0.15, 0.2) is 5.96 Å². The van der Waals surface area contributed by atoms with Gasteiger partial charge in [-0.2, -0.15) is 0 Å². The molecule has 0 aliphatic carbocycles. The lowest BCUT2D eigenvalue weighted by molar-refractivity contribution is 0.0154. The van der Waals surface area contributed by atoms with E-state index in [0.717, 1.165) is 25.6 Å². The largest absolute Gasteiger partial charge is 0.357 e. The predicted octanol–water partition coefficient (Wildman–Crippen LogP) is 2.20. The molecule has 2 bridgehead atoms. The van der Waals surface area contributed by atoms with Gasteiger partial charge in [0.25, 0.3) is 0 Å². The average Bonchev–Trinajstić information content (AvgIpc) is 3.14. The molecule has 0 saturated carbocycles. The average molecular weight is 477 g/mol. The fraction of sp³-hybridized carbons (Fsp3) is 0.722. The van der Waals surface area contributed by atoms with E-state index < -0.39 is 0 Å². The molecule has 3 aliphatic rings. The van der Waals surface area contributed by atoms with Crippen molar-refractivity contribution in [1.29, 1.82) is 0 Å². The Morgan fingerprint density at radius 3 is 2.60 bits per heavy atom. The highest BCUT2D eigenvalue weighted by Crippen LogP contribution is 2.27. The molecular weight excluding hydrogens is 445 g/mol. The highest BCUT2D eigenvalue weighted by Gasteiger charge is 2.31. The first-order chi connectivity index (χ1) is 11.6. The topological polar surface area (TPSA) is 42.9 Å². The van der Waals surface area contributed by atoms with E-state index in [1.807, 2.05) is 11.3 Å². The van der Waals surface area contributed by atoms with Gasteiger partial charge in [0.2, 0.25) is 0 Å². The molecule has 2 N–H and O–H groups in total. The van der Waals surface area contributed by atoms with Crippen molar-refractivity contribution < 1.29 is 0 Å². The molecule has 142 valence electrons. The fourth-order valence-electron chi connectivity index (χ4n) is 3.49. The molecular formula is C18H32IN5S. The van der Waals surface area contributed by atoms with Gasteiger partial charge in [0.1, 0.15) is 0 Å². The van der Waals surface area contributed by atoms with Crippen LogP contribution >= 0.6 is 35.3 Å². The Balaban J connectivity index is 0.00000225. The lowest BCUT2D eigenvalue weighted by atomic mass is 9.92. The van der Waals surface area contributed by atoms with Crippen molar-refractivity contribution >= 4 is 41.3 Å². The highest BCUT2D eigenvalue weighted by molar-refractivity contribution is 14.0. The van der Waals surface area contributed by atoms with Crippen LogP contribution in [0, 0.1) is 0 Å². The summed E-state index contributed by atoms with van der Waals surface area (Å²) in [6, 6.07) is 4.94. The number of rotatable bonds is 6. The van der Waals surface area contributed by atoms with Gasteiger partial charge in [-0.25, -0.2) is 0 Å². The summed E-state index contributed by atoms with van der Waals surface area (Å²) < 4.78 is 0. The van der Waals surface area contributed by atoms with Crippen LogP contribution in [0.25, 0.3) is 0 Å². The van der Waals surface area contributed by atoms with Crippen LogP contribution in [0.4, 0.5) is 0 Å². The van der Waals surface area contributed by atoms with Crippen LogP contribution in [0.1, 0.15) is 25.6 Å². The number of hydrogen-bond acceptors (Lipinski definition) is 4. The molecule has 3 saturated heterocycles. The normalized spacial score (nSPS) is 26.2. The van der Waals surface area contributed by atoms with Crippen LogP contribution in [0.15, 0.2) is 22.5 Å². The fourth-order valence-corrected chi connectivity index (χ4v) is 4.34. The quantitative estimate of drug-likeness (QED) is 0.375. The zero-order valence-corrected chi connectivity index (χ0v) is 18.8. The number of guanidine groups is 1. The number of nitrogens with one attached hydrogen (secondary N) is 2. The number of nitrogens with zero attached hydrogens (tertiary/aromatic N) is 3. The van der Waals surface area contributed by atoms with Gasteiger partial charge < -0.3 is 10.6 Å². The predicted molar refractivity (Wildman–Crippen MR) is 119 cm³/mol. The summed E-state index contributed by atoms with van der Waals surface area (Å²) in [5.74, 6) is 0.944. The lowest BCUT2D eigenvalue weighted by Crippen LogP contribution is -2.63. The van der Waals surface area contributed by atoms with Crippen molar-refractivity contribution in [3.8, 4) is 0 Å². The molecule has 0 amide bonds. The van der Waals surface area contributed by atoms with Crippen LogP contribution in [0.5, 0.6) is 0 Å². The zero-order chi connectivity index (χ0) is 17.0. The minimum Gasteiger partial charge on any atom is -0.357 e. The van der Waals surface area contributed by atoms with Gasteiger partial charge >= 0.3 is 0 Å². The molecule has 0 spiro atoms. The number of hydrogen-bond donors (Lipinski definition) is 2. The van der Waals surface area contributed by atoms with Gasteiger partial charge in [-0.05, 0) is 18.4 Å². The van der Waals surface area contributed by atoms with Crippen molar-refractivity contribution in [2.24, 2.45) is 4.99 Å². The number of halogens is 1. The first-order valence-electron chi connectivity index (χ1n) is 9.11. The number of aliphatic imine (C=N–C) groups is 1. The number of fused-ring (bicyclic) bond motifs is 3. The van der Waals surface area contributed by atoms with Crippen LogP contribution < -0.4 is 10.6 Å². The molecule has 1 unspecified atom stereocenters. The maximum Gasteiger partial charge on any atom is 0.191 e. The van der Waals surface area contributed by atoms with E-state index in [0.29, 0.717) is 6.04 Å². The summed E-state index contributed by atoms with van der Waals surface area (Å²) >= 11 is 1.82. The lowest BCUT2D eigenvalue weighted by Gasteiger charge is -2.47. The molecule has 25 heavy (non-hydrogen) atoms. The standard InChI is InChI=1S/C18H31N5S.HI/c1-4-19-17(21-14-18(2,3)16-6-5-11-24-16)20-12-15-13-22-7-9-23(15)10-8-22;/h5-6,11,15H,4,7-10,12-14H2,1-3H3,(H2,19,20,21);1H. The van der Waals surface area contributed by atoms with Gasteiger partial charge in [-0.15, -0.1) is 35.3 Å². The summed E-state index contributed by atoms with van der Waals surface area (Å²) in [6.45, 7) is 15.4. The Labute approximate surface area is 173 Å². The van der Waals surface area contributed by atoms with Crippen LogP contribution in [-0.2, 0) is 5.41 Å². The van der Waals surface area contributed by atoms with Crippen molar-refractivity contribution in [3.63, 3.8) is 0 Å². The Morgan fingerprint density at radius 1 is 1.28 bits per heavy atom. The summed E-state index contributed by atoms with van der Waals surface area (Å²) in [6.07, 6.45) is 0. The van der Waals surface area contributed by atoms with Crippen molar-refractivity contribution in [1.82, 2.24) is 20.4 Å². The Bertz CT molecular complexity index is 538. The second-order valence-corrected chi connectivity index (χ2v) is 8.38. The molecule has 5 nitrogen and oxygen atoms in total. The van der Waals surface area contributed by atoms with E-state index in [1.165, 1.54) is 37.6 Å². The molecule has 0 aromatic carbocycles. The van der Waals surface area contributed by atoms with E-state index >= 15 is 0 Å². The monoisotopic (exact) mass is 477 g/mol. The third-order valence-electron chi connectivity index (χ3n) is 5.06. The zero-order valence-electron chi connectivity index (χ0n) is 15.6. The minimum absolute atomic E-state index is 0. The van der Waals surface area contributed by atoms with E-state index in [9.17, 15) is 0 Å². The molecule has 1 aromatic heterocycles. The second kappa shape index (κ2) is 9.53. The van der Waals surface area contributed by atoms with Gasteiger partial charge in [-0.1, -0.05) is 19.9 Å². The van der Waals surface area contributed by atoms with Crippen molar-refractivity contribution in [2.45, 2.75) is 32.2 Å². The molecule has 3 aliphatic heterocycles. The van der Waals surface area contributed by atoms with Crippen molar-refractivity contribution in [2.75, 3.05) is 52.4 Å². The summed E-state index contributed by atoms with van der Waals surface area (Å²) in [5, 5.41) is 9.11. The smallest absolute Gasteiger partial charge is 0.191 e. The number of thiophene rings is 1. The van der Waals surface area contributed by atoms with Crippen LogP contribution in [0.3, 0.4) is 0 Å². The van der Waals surface area contributed by atoms with E-state index in [1.54, 1.807) is 0 Å². The molecule has 3 fully saturated rings. The summed E-state index contributed by atoms with van der Waals surface area (Å²) in [5.41, 5.74) is 0.0790. The van der Waals surface area contributed by atoms with E-state index in [2.05, 4.69) is 58.7 Å². The Hall–Kier alpha value is -0.380. The highest BCUT2D eigenvalue weighted by atomic mass is 127. The third kappa shape index (κ3) is 5.55. The Kier molecular flexibility index (Phi) is 7.97. The molecule has 7 heteroatoms. The van der Waals surface area contributed by atoms with E-state index in [-0.39, 0.29) is 29.4 Å². The molecule has 0 radical (unpaired) electrons. The summed E-state index contributed by atoms with van der Waals surface area (Å²) in [4.78, 5) is 11.4. The molecule has 1 atom stereocenters. The maximum absolute atomic E-state index is 4.86. The number of piperazine rings is 3. The molecule has 4 heterocycles. The SMILES string of the molecule is CCNC(=NCC(C)(C)c1cccs1)NCC1CN2CCN1CC2.I. The summed E-state index contributed by atoms with van der Waals surface area (Å²) in [7, 11) is 0. The van der Waals surface area contributed by atoms with Gasteiger partial charge in [0.05, 0.1) is 6.54 Å². The Morgan fingerprint density at radius 2 is 2.04 bits per heavy atom. The first kappa shape index (κ1) is 20.9. The van der Waals surface area contributed by atoms with E-state index in [4.69, 9.17) is 4.99 Å². The maximum atomic E-state index is 4.86. The van der Waals surface area contributed by atoms with Crippen LogP contribution in [-0.4, -0.2) is 74.2 Å². The van der Waals surface area contributed by atoms with Gasteiger partial charge in [0, 0.05) is 62.1 Å².